The molecule has 0 unspecified atom stereocenters. The van der Waals surface area contributed by atoms with Crippen LogP contribution in [0, 0.1) is 11.3 Å². The fraction of sp³-hybridized carbons (Fsp3) is 0.444. The average Bonchev–Trinajstić information content (AvgIpc) is 2.72. The van der Waals surface area contributed by atoms with Crippen molar-refractivity contribution in [2.75, 3.05) is 6.61 Å². The molecule has 0 aliphatic heterocycles. The number of fused-ring (bicyclic) bond motifs is 3. The molecule has 1 saturated carbocycles. The van der Waals surface area contributed by atoms with Crippen molar-refractivity contribution in [1.82, 2.24) is 0 Å². The van der Waals surface area contributed by atoms with Gasteiger partial charge in [0.25, 0.3) is 0 Å². The molecule has 2 nitrogen and oxygen atoms in total. The second-order valence-corrected chi connectivity index (χ2v) is 9.71. The van der Waals surface area contributed by atoms with Gasteiger partial charge in [-0.1, -0.05) is 82.7 Å². The average molecular weight is 389 g/mol. The maximum Gasteiger partial charge on any atom is 0.338 e. The molecule has 0 heterocycles. The van der Waals surface area contributed by atoms with Crippen LogP contribution >= 0.6 is 0 Å². The predicted molar refractivity (Wildman–Crippen MR) is 119 cm³/mol. The van der Waals surface area contributed by atoms with Crippen molar-refractivity contribution in [3.05, 3.63) is 76.9 Å². The largest absolute Gasteiger partial charge is 0.461 e. The van der Waals surface area contributed by atoms with E-state index in [0.717, 1.165) is 12.8 Å². The van der Waals surface area contributed by atoms with Crippen LogP contribution in [0.15, 0.2) is 54.6 Å². The van der Waals surface area contributed by atoms with Gasteiger partial charge in [0.1, 0.15) is 0 Å². The van der Waals surface area contributed by atoms with Crippen LogP contribution in [0.2, 0.25) is 0 Å². The third kappa shape index (κ3) is 3.54. The molecule has 3 atom stereocenters. The van der Waals surface area contributed by atoms with E-state index in [9.17, 15) is 4.79 Å². The number of allylic oxidation sites excluding steroid dienone is 1. The fourth-order valence-electron chi connectivity index (χ4n) is 5.53. The smallest absolute Gasteiger partial charge is 0.338 e. The Morgan fingerprint density at radius 3 is 2.59 bits per heavy atom. The van der Waals surface area contributed by atoms with Gasteiger partial charge in [-0.3, -0.25) is 0 Å². The van der Waals surface area contributed by atoms with Crippen molar-refractivity contribution >= 4 is 12.0 Å². The number of hydrogen-bond donors (Lipinski definition) is 0. The molecule has 0 N–H and O–H groups in total. The van der Waals surface area contributed by atoms with Gasteiger partial charge in [-0.05, 0) is 58.9 Å². The minimum atomic E-state index is -0.221. The summed E-state index contributed by atoms with van der Waals surface area (Å²) in [7, 11) is 0. The normalized spacial score (nSPS) is 28.0. The highest BCUT2D eigenvalue weighted by Gasteiger charge is 2.50. The standard InChI is InChI=1S/C27H32O2/c1-19(2)21-11-13-23-22(17-21)12-14-24-26(3,15-8-16-27(23,24)4)18-29-25(28)20-9-6-5-7-10-20/h5-7,9-14,17,19,24H,8,15-16,18H2,1-4H3/t24-,26-,27-/m0/s1. The molecule has 2 aliphatic carbocycles. The van der Waals surface area contributed by atoms with Gasteiger partial charge in [0, 0.05) is 5.41 Å². The minimum Gasteiger partial charge on any atom is -0.461 e. The molecule has 0 aromatic heterocycles. The Bertz CT molecular complexity index is 927. The van der Waals surface area contributed by atoms with Crippen molar-refractivity contribution in [3.63, 3.8) is 0 Å². The summed E-state index contributed by atoms with van der Waals surface area (Å²) in [6, 6.07) is 16.3. The van der Waals surface area contributed by atoms with Crippen LogP contribution in [0.25, 0.3) is 6.08 Å². The molecule has 2 aliphatic rings. The van der Waals surface area contributed by atoms with Gasteiger partial charge in [-0.25, -0.2) is 4.79 Å². The van der Waals surface area contributed by atoms with E-state index in [-0.39, 0.29) is 16.8 Å². The molecule has 152 valence electrons. The van der Waals surface area contributed by atoms with Crippen molar-refractivity contribution in [2.45, 2.75) is 58.3 Å². The first-order valence-electron chi connectivity index (χ1n) is 10.9. The van der Waals surface area contributed by atoms with Crippen LogP contribution in [-0.4, -0.2) is 12.6 Å². The highest BCUT2D eigenvalue weighted by atomic mass is 16.5. The monoisotopic (exact) mass is 388 g/mol. The van der Waals surface area contributed by atoms with E-state index < -0.39 is 0 Å². The molecular formula is C27H32O2. The maximum absolute atomic E-state index is 12.5. The van der Waals surface area contributed by atoms with Crippen LogP contribution in [0.5, 0.6) is 0 Å². The van der Waals surface area contributed by atoms with E-state index in [2.05, 4.69) is 58.0 Å². The highest BCUT2D eigenvalue weighted by Crippen LogP contribution is 2.56. The zero-order valence-electron chi connectivity index (χ0n) is 18.1. The number of rotatable bonds is 4. The highest BCUT2D eigenvalue weighted by molar-refractivity contribution is 5.89. The zero-order valence-corrected chi connectivity index (χ0v) is 18.1. The van der Waals surface area contributed by atoms with E-state index in [1.54, 1.807) is 0 Å². The summed E-state index contributed by atoms with van der Waals surface area (Å²) in [5.74, 6) is 0.679. The Hall–Kier alpha value is -2.35. The van der Waals surface area contributed by atoms with E-state index in [1.807, 2.05) is 30.3 Å². The molecule has 2 aromatic carbocycles. The van der Waals surface area contributed by atoms with Crippen LogP contribution in [0.3, 0.4) is 0 Å². The lowest BCUT2D eigenvalue weighted by Gasteiger charge is -2.53. The Morgan fingerprint density at radius 2 is 1.86 bits per heavy atom. The lowest BCUT2D eigenvalue weighted by molar-refractivity contribution is -0.00989. The van der Waals surface area contributed by atoms with Crippen LogP contribution in [0.4, 0.5) is 0 Å². The Labute approximate surface area is 175 Å². The summed E-state index contributed by atoms with van der Waals surface area (Å²) in [5, 5.41) is 0. The molecule has 0 saturated heterocycles. The third-order valence-electron chi connectivity index (χ3n) is 7.25. The molecule has 0 bridgehead atoms. The van der Waals surface area contributed by atoms with E-state index in [4.69, 9.17) is 4.74 Å². The van der Waals surface area contributed by atoms with Gasteiger partial charge in [-0.15, -0.1) is 0 Å². The van der Waals surface area contributed by atoms with Crippen molar-refractivity contribution in [2.24, 2.45) is 11.3 Å². The minimum absolute atomic E-state index is 0.0532. The summed E-state index contributed by atoms with van der Waals surface area (Å²) >= 11 is 0. The van der Waals surface area contributed by atoms with E-state index in [0.29, 0.717) is 24.0 Å². The van der Waals surface area contributed by atoms with Crippen LogP contribution in [0.1, 0.15) is 79.9 Å². The second kappa shape index (κ2) is 7.48. The second-order valence-electron chi connectivity index (χ2n) is 9.71. The number of carbonyl (C=O) groups is 1. The first-order chi connectivity index (χ1) is 13.8. The van der Waals surface area contributed by atoms with Crippen LogP contribution < -0.4 is 0 Å². The van der Waals surface area contributed by atoms with E-state index in [1.165, 1.54) is 23.1 Å². The SMILES string of the molecule is CC(C)c1ccc2c(c1)C=C[C@H]1[C@](C)(COC(=O)c3ccccc3)CCC[C@@]21C. The molecular weight excluding hydrogens is 356 g/mol. The Balaban J connectivity index is 1.59. The third-order valence-corrected chi connectivity index (χ3v) is 7.25. The summed E-state index contributed by atoms with van der Waals surface area (Å²) in [4.78, 5) is 12.5. The van der Waals surface area contributed by atoms with Crippen LogP contribution in [-0.2, 0) is 10.2 Å². The molecule has 4 rings (SSSR count). The molecule has 0 spiro atoms. The molecule has 29 heavy (non-hydrogen) atoms. The Morgan fingerprint density at radius 1 is 1.10 bits per heavy atom. The number of benzene rings is 2. The summed E-state index contributed by atoms with van der Waals surface area (Å²) in [6.07, 6.45) is 8.11. The maximum atomic E-state index is 12.5. The number of hydrogen-bond acceptors (Lipinski definition) is 2. The van der Waals surface area contributed by atoms with Gasteiger partial charge >= 0.3 is 5.97 Å². The molecule has 2 aromatic rings. The number of esters is 1. The topological polar surface area (TPSA) is 26.3 Å². The van der Waals surface area contributed by atoms with Gasteiger partial charge in [-0.2, -0.15) is 0 Å². The number of carbonyl (C=O) groups excluding carboxylic acids is 1. The first-order valence-corrected chi connectivity index (χ1v) is 10.9. The van der Waals surface area contributed by atoms with Crippen molar-refractivity contribution in [1.29, 1.82) is 0 Å². The fourth-order valence-corrected chi connectivity index (χ4v) is 5.53. The van der Waals surface area contributed by atoms with E-state index >= 15 is 0 Å². The summed E-state index contributed by atoms with van der Waals surface area (Å²) in [5.41, 5.74) is 4.87. The predicted octanol–water partition coefficient (Wildman–Crippen LogP) is 6.76. The molecule has 0 amide bonds. The molecule has 2 heteroatoms. The van der Waals surface area contributed by atoms with Gasteiger partial charge in [0.15, 0.2) is 0 Å². The first kappa shape index (κ1) is 19.9. The summed E-state index contributed by atoms with van der Waals surface area (Å²) in [6.45, 7) is 9.66. The van der Waals surface area contributed by atoms with Crippen molar-refractivity contribution < 1.29 is 9.53 Å². The lowest BCUT2D eigenvalue weighted by atomic mass is 9.52. The van der Waals surface area contributed by atoms with Gasteiger partial charge < -0.3 is 4.74 Å². The molecule has 0 radical (unpaired) electrons. The number of ether oxygens (including phenoxy) is 1. The summed E-state index contributed by atoms with van der Waals surface area (Å²) < 4.78 is 5.83. The van der Waals surface area contributed by atoms with Gasteiger partial charge in [0.2, 0.25) is 0 Å². The van der Waals surface area contributed by atoms with Gasteiger partial charge in [0.05, 0.1) is 12.2 Å². The quantitative estimate of drug-likeness (QED) is 0.541. The lowest BCUT2D eigenvalue weighted by Crippen LogP contribution is -2.49. The molecule has 1 fully saturated rings. The van der Waals surface area contributed by atoms with Crippen molar-refractivity contribution in [3.8, 4) is 0 Å². The zero-order chi connectivity index (χ0) is 20.6. The Kier molecular flexibility index (Phi) is 5.14.